The highest BCUT2D eigenvalue weighted by atomic mass is 16.4. The van der Waals surface area contributed by atoms with Crippen LogP contribution < -0.4 is 0 Å². The third-order valence-corrected chi connectivity index (χ3v) is 3.46. The van der Waals surface area contributed by atoms with Crippen LogP contribution in [0.1, 0.15) is 62.3 Å². The van der Waals surface area contributed by atoms with Gasteiger partial charge in [0.1, 0.15) is 5.60 Å². The summed E-state index contributed by atoms with van der Waals surface area (Å²) in [6.45, 7) is 9.81. The lowest BCUT2D eigenvalue weighted by Crippen LogP contribution is -2.26. The topological polar surface area (TPSA) is 82.4 Å². The molecule has 0 aliphatic carbocycles. The fourth-order valence-electron chi connectivity index (χ4n) is 2.08. The molecule has 0 aromatic carbocycles. The molecule has 0 aliphatic heterocycles. The molecule has 2 rings (SSSR count). The standard InChI is InChI=1S/C19H25N3O3/c1-18(2,3)16-11-13(20-21-16)12-22(6)17(23)15-8-7-14(25-15)9-10-19(4,5)24/h7-8,11,24H,12H2,1-6H3,(H,20,21). The lowest BCUT2D eigenvalue weighted by molar-refractivity contribution is 0.0751. The number of carbonyl (C=O) groups excluding carboxylic acids is 1. The van der Waals surface area contributed by atoms with E-state index in [0.29, 0.717) is 12.3 Å². The fourth-order valence-corrected chi connectivity index (χ4v) is 2.08. The van der Waals surface area contributed by atoms with Gasteiger partial charge in [-0.2, -0.15) is 5.10 Å². The van der Waals surface area contributed by atoms with Crippen LogP contribution in [-0.2, 0) is 12.0 Å². The van der Waals surface area contributed by atoms with Gasteiger partial charge in [-0.25, -0.2) is 0 Å². The van der Waals surface area contributed by atoms with Crippen LogP contribution in [0.5, 0.6) is 0 Å². The maximum absolute atomic E-state index is 12.5. The van der Waals surface area contributed by atoms with Gasteiger partial charge in [-0.3, -0.25) is 9.89 Å². The minimum Gasteiger partial charge on any atom is -0.443 e. The molecular weight excluding hydrogens is 318 g/mol. The van der Waals surface area contributed by atoms with Gasteiger partial charge < -0.3 is 14.4 Å². The summed E-state index contributed by atoms with van der Waals surface area (Å²) in [6.07, 6.45) is 0. The fraction of sp³-hybridized carbons (Fsp3) is 0.474. The van der Waals surface area contributed by atoms with E-state index in [-0.39, 0.29) is 17.1 Å². The summed E-state index contributed by atoms with van der Waals surface area (Å²) in [5.41, 5.74) is 0.644. The van der Waals surface area contributed by atoms with Crippen molar-refractivity contribution in [3.63, 3.8) is 0 Å². The summed E-state index contributed by atoms with van der Waals surface area (Å²) in [4.78, 5) is 14.0. The van der Waals surface area contributed by atoms with E-state index in [4.69, 9.17) is 4.42 Å². The molecule has 1 amide bonds. The predicted molar refractivity (Wildman–Crippen MR) is 95.0 cm³/mol. The summed E-state index contributed by atoms with van der Waals surface area (Å²) in [6, 6.07) is 5.17. The van der Waals surface area contributed by atoms with E-state index in [1.165, 1.54) is 0 Å². The summed E-state index contributed by atoms with van der Waals surface area (Å²) >= 11 is 0. The molecule has 0 unspecified atom stereocenters. The highest BCUT2D eigenvalue weighted by Crippen LogP contribution is 2.21. The first-order chi connectivity index (χ1) is 11.5. The van der Waals surface area contributed by atoms with Crippen LogP contribution in [0, 0.1) is 11.8 Å². The van der Waals surface area contributed by atoms with E-state index in [2.05, 4.69) is 42.8 Å². The van der Waals surface area contributed by atoms with Gasteiger partial charge >= 0.3 is 0 Å². The Morgan fingerprint density at radius 1 is 1.32 bits per heavy atom. The molecule has 0 radical (unpaired) electrons. The van der Waals surface area contributed by atoms with Gasteiger partial charge in [0.15, 0.2) is 11.5 Å². The number of nitrogens with one attached hydrogen (secondary N) is 1. The number of aromatic amines is 1. The Morgan fingerprint density at radius 2 is 2.00 bits per heavy atom. The first-order valence-electron chi connectivity index (χ1n) is 8.11. The van der Waals surface area contributed by atoms with Crippen LogP contribution in [0.2, 0.25) is 0 Å². The molecular formula is C19H25N3O3. The molecule has 134 valence electrons. The molecule has 0 fully saturated rings. The van der Waals surface area contributed by atoms with E-state index in [1.807, 2.05) is 6.07 Å². The third-order valence-electron chi connectivity index (χ3n) is 3.46. The number of carbonyl (C=O) groups is 1. The average Bonchev–Trinajstić information content (AvgIpc) is 3.12. The molecule has 0 saturated heterocycles. The van der Waals surface area contributed by atoms with Gasteiger partial charge in [-0.05, 0) is 38.0 Å². The predicted octanol–water partition coefficient (Wildman–Crippen LogP) is 2.69. The van der Waals surface area contributed by atoms with E-state index < -0.39 is 5.60 Å². The highest BCUT2D eigenvalue weighted by Gasteiger charge is 2.20. The van der Waals surface area contributed by atoms with Crippen molar-refractivity contribution in [2.75, 3.05) is 7.05 Å². The monoisotopic (exact) mass is 343 g/mol. The number of nitrogens with zero attached hydrogens (tertiary/aromatic N) is 2. The number of rotatable bonds is 3. The Hall–Kier alpha value is -2.52. The Balaban J connectivity index is 2.06. The minimum absolute atomic E-state index is 0.0492. The Bertz CT molecular complexity index is 807. The van der Waals surface area contributed by atoms with Crippen LogP contribution in [0.4, 0.5) is 0 Å². The molecule has 0 spiro atoms. The largest absolute Gasteiger partial charge is 0.443 e. The van der Waals surface area contributed by atoms with Gasteiger partial charge in [0, 0.05) is 12.5 Å². The van der Waals surface area contributed by atoms with Crippen molar-refractivity contribution in [3.8, 4) is 11.8 Å². The Morgan fingerprint density at radius 3 is 2.56 bits per heavy atom. The second-order valence-electron chi connectivity index (χ2n) is 7.66. The van der Waals surface area contributed by atoms with Gasteiger partial charge in [-0.15, -0.1) is 0 Å². The molecule has 2 heterocycles. The van der Waals surface area contributed by atoms with Crippen molar-refractivity contribution in [1.82, 2.24) is 15.1 Å². The van der Waals surface area contributed by atoms with Gasteiger partial charge in [0.2, 0.25) is 0 Å². The van der Waals surface area contributed by atoms with Crippen molar-refractivity contribution in [2.24, 2.45) is 0 Å². The van der Waals surface area contributed by atoms with Gasteiger partial charge in [-0.1, -0.05) is 26.7 Å². The second kappa shape index (κ2) is 6.77. The number of amides is 1. The van der Waals surface area contributed by atoms with Crippen molar-refractivity contribution >= 4 is 5.91 Å². The number of furan rings is 1. The zero-order valence-corrected chi connectivity index (χ0v) is 15.6. The van der Waals surface area contributed by atoms with Crippen molar-refractivity contribution in [3.05, 3.63) is 41.1 Å². The molecule has 6 heteroatoms. The first-order valence-corrected chi connectivity index (χ1v) is 8.11. The lowest BCUT2D eigenvalue weighted by atomic mass is 9.92. The molecule has 0 bridgehead atoms. The average molecular weight is 343 g/mol. The highest BCUT2D eigenvalue weighted by molar-refractivity contribution is 5.91. The van der Waals surface area contributed by atoms with E-state index in [9.17, 15) is 9.90 Å². The van der Waals surface area contributed by atoms with Crippen molar-refractivity contribution in [2.45, 2.75) is 52.2 Å². The molecule has 2 aromatic rings. The van der Waals surface area contributed by atoms with Gasteiger partial charge in [0.25, 0.3) is 5.91 Å². The van der Waals surface area contributed by atoms with Crippen molar-refractivity contribution in [1.29, 1.82) is 0 Å². The zero-order valence-electron chi connectivity index (χ0n) is 15.6. The van der Waals surface area contributed by atoms with E-state index in [0.717, 1.165) is 11.4 Å². The molecule has 0 aliphatic rings. The van der Waals surface area contributed by atoms with Crippen LogP contribution in [-0.4, -0.2) is 38.8 Å². The number of aromatic nitrogens is 2. The number of H-pyrrole nitrogens is 1. The van der Waals surface area contributed by atoms with Crippen molar-refractivity contribution < 1.29 is 14.3 Å². The second-order valence-corrected chi connectivity index (χ2v) is 7.66. The van der Waals surface area contributed by atoms with Crippen LogP contribution in [0.25, 0.3) is 0 Å². The number of hydrogen-bond donors (Lipinski definition) is 2. The Labute approximate surface area is 148 Å². The maximum Gasteiger partial charge on any atom is 0.289 e. The number of aliphatic hydroxyl groups is 1. The molecule has 25 heavy (non-hydrogen) atoms. The summed E-state index contributed by atoms with van der Waals surface area (Å²) in [5.74, 6) is 5.67. The molecule has 2 aromatic heterocycles. The van der Waals surface area contributed by atoms with E-state index in [1.54, 1.807) is 37.9 Å². The summed E-state index contributed by atoms with van der Waals surface area (Å²) in [7, 11) is 1.70. The smallest absolute Gasteiger partial charge is 0.289 e. The molecule has 2 N–H and O–H groups in total. The Kier molecular flexibility index (Phi) is 5.09. The quantitative estimate of drug-likeness (QED) is 0.840. The van der Waals surface area contributed by atoms with Gasteiger partial charge in [0.05, 0.1) is 17.9 Å². The van der Waals surface area contributed by atoms with Crippen LogP contribution >= 0.6 is 0 Å². The normalized spacial score (nSPS) is 11.8. The van der Waals surface area contributed by atoms with Crippen LogP contribution in [0.3, 0.4) is 0 Å². The maximum atomic E-state index is 12.5. The summed E-state index contributed by atoms with van der Waals surface area (Å²) in [5, 5.41) is 16.9. The molecule has 0 atom stereocenters. The van der Waals surface area contributed by atoms with E-state index >= 15 is 0 Å². The summed E-state index contributed by atoms with van der Waals surface area (Å²) < 4.78 is 5.46. The van der Waals surface area contributed by atoms with Crippen LogP contribution in [0.15, 0.2) is 22.6 Å². The first kappa shape index (κ1) is 18.8. The molecule has 6 nitrogen and oxygen atoms in total. The number of hydrogen-bond acceptors (Lipinski definition) is 4. The SMILES string of the molecule is CN(Cc1cc(C(C)(C)C)n[nH]1)C(=O)c1ccc(C#CC(C)(C)O)o1. The molecule has 0 saturated carbocycles. The zero-order chi connectivity index (χ0) is 18.8. The minimum atomic E-state index is -1.11. The third kappa shape index (κ3) is 5.23. The lowest BCUT2D eigenvalue weighted by Gasteiger charge is -2.15.